The van der Waals surface area contributed by atoms with Gasteiger partial charge in [-0.25, -0.2) is 4.98 Å². The molecule has 1 heterocycles. The fourth-order valence-corrected chi connectivity index (χ4v) is 3.84. The van der Waals surface area contributed by atoms with Gasteiger partial charge in [0.2, 0.25) is 0 Å². The molecule has 0 spiro atoms. The van der Waals surface area contributed by atoms with E-state index in [4.69, 9.17) is 0 Å². The molecule has 2 nitrogen and oxygen atoms in total. The molecular weight excluding hydrogens is 264 g/mol. The molecule has 16 heavy (non-hydrogen) atoms. The van der Waals surface area contributed by atoms with Gasteiger partial charge in [-0.2, -0.15) is 0 Å². The van der Waals surface area contributed by atoms with Crippen LogP contribution in [0.1, 0.15) is 23.2 Å². The second-order valence-electron chi connectivity index (χ2n) is 4.81. The Morgan fingerprint density at radius 1 is 1.44 bits per heavy atom. The van der Waals surface area contributed by atoms with E-state index in [-0.39, 0.29) is 5.41 Å². The lowest BCUT2D eigenvalue weighted by molar-refractivity contribution is 0.742. The van der Waals surface area contributed by atoms with Crippen LogP contribution in [0.4, 0.5) is 0 Å². The summed E-state index contributed by atoms with van der Waals surface area (Å²) in [5.41, 5.74) is 4.54. The summed E-state index contributed by atoms with van der Waals surface area (Å²) in [5.74, 6) is 0.779. The molecule has 2 aliphatic carbocycles. The molecule has 0 radical (unpaired) electrons. The van der Waals surface area contributed by atoms with Gasteiger partial charge in [-0.3, -0.25) is 0 Å². The SMILES string of the molecule is Brc1cccc2c1CC1CC21c1cnc[nH]1. The number of benzene rings is 1. The number of halogens is 1. The molecule has 3 heteroatoms. The van der Waals surface area contributed by atoms with Gasteiger partial charge in [-0.05, 0) is 36.0 Å². The first kappa shape index (κ1) is 8.99. The van der Waals surface area contributed by atoms with Crippen molar-refractivity contribution in [1.82, 2.24) is 9.97 Å². The Balaban J connectivity index is 1.96. The number of aromatic amines is 1. The van der Waals surface area contributed by atoms with Gasteiger partial charge in [-0.15, -0.1) is 0 Å². The molecule has 2 unspecified atom stereocenters. The topological polar surface area (TPSA) is 28.7 Å². The minimum Gasteiger partial charge on any atom is -0.348 e. The van der Waals surface area contributed by atoms with Gasteiger partial charge in [0.05, 0.1) is 6.33 Å². The third-order valence-electron chi connectivity index (χ3n) is 4.13. The fraction of sp³-hybridized carbons (Fsp3) is 0.308. The Bertz CT molecular complexity index is 561. The standard InChI is InChI=1S/C13H11BrN2/c14-11-3-1-2-10-9(11)4-8-5-13(8,10)12-6-15-7-16-12/h1-3,6-8H,4-5H2,(H,15,16). The van der Waals surface area contributed by atoms with E-state index in [1.807, 2.05) is 6.20 Å². The quantitative estimate of drug-likeness (QED) is 0.851. The average molecular weight is 275 g/mol. The van der Waals surface area contributed by atoms with Crippen LogP contribution in [-0.4, -0.2) is 9.97 Å². The Morgan fingerprint density at radius 2 is 2.38 bits per heavy atom. The Morgan fingerprint density at radius 3 is 3.19 bits per heavy atom. The molecule has 4 rings (SSSR count). The molecule has 1 aromatic carbocycles. The van der Waals surface area contributed by atoms with Gasteiger partial charge in [0.1, 0.15) is 0 Å². The number of H-pyrrole nitrogens is 1. The zero-order valence-electron chi connectivity index (χ0n) is 8.70. The number of fused-ring (bicyclic) bond motifs is 3. The number of hydrogen-bond donors (Lipinski definition) is 1. The molecule has 1 saturated carbocycles. The Kier molecular flexibility index (Phi) is 1.56. The first-order valence-electron chi connectivity index (χ1n) is 5.59. The maximum atomic E-state index is 4.17. The van der Waals surface area contributed by atoms with Crippen molar-refractivity contribution >= 4 is 15.9 Å². The molecule has 2 aromatic rings. The molecule has 0 saturated heterocycles. The lowest BCUT2D eigenvalue weighted by atomic mass is 9.93. The number of imidazole rings is 1. The summed E-state index contributed by atoms with van der Waals surface area (Å²) >= 11 is 3.66. The van der Waals surface area contributed by atoms with E-state index in [2.05, 4.69) is 44.1 Å². The summed E-state index contributed by atoms with van der Waals surface area (Å²) in [6.07, 6.45) is 6.25. The summed E-state index contributed by atoms with van der Waals surface area (Å²) in [4.78, 5) is 7.46. The van der Waals surface area contributed by atoms with Crippen LogP contribution in [0.15, 0.2) is 35.2 Å². The van der Waals surface area contributed by atoms with Gasteiger partial charge in [-0.1, -0.05) is 28.1 Å². The molecule has 0 aliphatic heterocycles. The zero-order chi connectivity index (χ0) is 10.8. The van der Waals surface area contributed by atoms with E-state index in [0.29, 0.717) is 0 Å². The second-order valence-corrected chi connectivity index (χ2v) is 5.66. The molecule has 0 bridgehead atoms. The predicted molar refractivity (Wildman–Crippen MR) is 65.3 cm³/mol. The zero-order valence-corrected chi connectivity index (χ0v) is 10.3. The summed E-state index contributed by atoms with van der Waals surface area (Å²) in [5, 5.41) is 0. The highest BCUT2D eigenvalue weighted by Gasteiger charge is 2.62. The van der Waals surface area contributed by atoms with Crippen molar-refractivity contribution in [3.05, 3.63) is 52.0 Å². The highest BCUT2D eigenvalue weighted by Crippen LogP contribution is 2.65. The molecule has 1 aromatic heterocycles. The van der Waals surface area contributed by atoms with E-state index in [9.17, 15) is 0 Å². The lowest BCUT2D eigenvalue weighted by Gasteiger charge is -2.14. The molecule has 2 atom stereocenters. The van der Waals surface area contributed by atoms with Gasteiger partial charge in [0, 0.05) is 21.8 Å². The summed E-state index contributed by atoms with van der Waals surface area (Å²) in [6.45, 7) is 0. The number of nitrogens with zero attached hydrogens (tertiary/aromatic N) is 1. The largest absolute Gasteiger partial charge is 0.348 e. The van der Waals surface area contributed by atoms with E-state index in [1.165, 1.54) is 34.1 Å². The van der Waals surface area contributed by atoms with E-state index >= 15 is 0 Å². The third kappa shape index (κ3) is 0.908. The van der Waals surface area contributed by atoms with Gasteiger partial charge in [0.15, 0.2) is 0 Å². The van der Waals surface area contributed by atoms with Crippen LogP contribution in [0.25, 0.3) is 0 Å². The van der Waals surface area contributed by atoms with Crippen molar-refractivity contribution in [2.45, 2.75) is 18.3 Å². The fourth-order valence-electron chi connectivity index (χ4n) is 3.31. The molecule has 2 aliphatic rings. The maximum absolute atomic E-state index is 4.17. The number of hydrogen-bond acceptors (Lipinski definition) is 1. The average Bonchev–Trinajstić information content (AvgIpc) is 2.71. The smallest absolute Gasteiger partial charge is 0.0922 e. The Labute approximate surface area is 102 Å². The molecule has 1 N–H and O–H groups in total. The van der Waals surface area contributed by atoms with E-state index < -0.39 is 0 Å². The van der Waals surface area contributed by atoms with Crippen LogP contribution >= 0.6 is 15.9 Å². The minimum absolute atomic E-state index is 0.260. The number of aromatic nitrogens is 2. The second kappa shape index (κ2) is 2.77. The van der Waals surface area contributed by atoms with Crippen LogP contribution in [0.5, 0.6) is 0 Å². The summed E-state index contributed by atoms with van der Waals surface area (Å²) in [6, 6.07) is 6.56. The van der Waals surface area contributed by atoms with Crippen LogP contribution in [0.3, 0.4) is 0 Å². The van der Waals surface area contributed by atoms with Gasteiger partial charge in [0.25, 0.3) is 0 Å². The summed E-state index contributed by atoms with van der Waals surface area (Å²) in [7, 11) is 0. The van der Waals surface area contributed by atoms with E-state index in [0.717, 1.165) is 5.92 Å². The highest BCUT2D eigenvalue weighted by atomic mass is 79.9. The predicted octanol–water partition coefficient (Wildman–Crippen LogP) is 3.03. The highest BCUT2D eigenvalue weighted by molar-refractivity contribution is 9.10. The monoisotopic (exact) mass is 274 g/mol. The first-order chi connectivity index (χ1) is 7.82. The van der Waals surface area contributed by atoms with Crippen molar-refractivity contribution < 1.29 is 0 Å². The van der Waals surface area contributed by atoms with Crippen LogP contribution < -0.4 is 0 Å². The Hall–Kier alpha value is -1.09. The number of nitrogens with one attached hydrogen (secondary N) is 1. The summed E-state index contributed by atoms with van der Waals surface area (Å²) < 4.78 is 1.26. The van der Waals surface area contributed by atoms with Crippen molar-refractivity contribution in [2.24, 2.45) is 5.92 Å². The third-order valence-corrected chi connectivity index (χ3v) is 4.88. The van der Waals surface area contributed by atoms with Gasteiger partial charge >= 0.3 is 0 Å². The molecular formula is C13H11BrN2. The normalized spacial score (nSPS) is 29.9. The number of rotatable bonds is 1. The van der Waals surface area contributed by atoms with Gasteiger partial charge < -0.3 is 4.98 Å². The van der Waals surface area contributed by atoms with Crippen molar-refractivity contribution in [3.63, 3.8) is 0 Å². The maximum Gasteiger partial charge on any atom is 0.0922 e. The molecule has 80 valence electrons. The first-order valence-corrected chi connectivity index (χ1v) is 6.38. The van der Waals surface area contributed by atoms with E-state index in [1.54, 1.807) is 6.33 Å². The van der Waals surface area contributed by atoms with Crippen molar-refractivity contribution in [2.75, 3.05) is 0 Å². The molecule has 0 amide bonds. The minimum atomic E-state index is 0.260. The van der Waals surface area contributed by atoms with Crippen LogP contribution in [0, 0.1) is 5.92 Å². The van der Waals surface area contributed by atoms with Crippen molar-refractivity contribution in [3.8, 4) is 0 Å². The van der Waals surface area contributed by atoms with Crippen LogP contribution in [-0.2, 0) is 11.8 Å². The van der Waals surface area contributed by atoms with Crippen molar-refractivity contribution in [1.29, 1.82) is 0 Å². The molecule has 1 fully saturated rings. The van der Waals surface area contributed by atoms with Crippen LogP contribution in [0.2, 0.25) is 0 Å². The lowest BCUT2D eigenvalue weighted by Crippen LogP contribution is -2.09.